The third-order valence-corrected chi connectivity index (χ3v) is 3.71. The van der Waals surface area contributed by atoms with E-state index in [1.54, 1.807) is 18.4 Å². The summed E-state index contributed by atoms with van der Waals surface area (Å²) in [5, 5.41) is 2.88. The van der Waals surface area contributed by atoms with E-state index in [-0.39, 0.29) is 0 Å². The van der Waals surface area contributed by atoms with Gasteiger partial charge in [0.25, 0.3) is 0 Å². The quantitative estimate of drug-likeness (QED) is 0.941. The van der Waals surface area contributed by atoms with Crippen LogP contribution in [0.4, 0.5) is 5.82 Å². The van der Waals surface area contributed by atoms with Crippen LogP contribution in [0.1, 0.15) is 10.7 Å². The van der Waals surface area contributed by atoms with Crippen LogP contribution < -0.4 is 5.73 Å². The molecule has 7 heteroatoms. The maximum atomic E-state index is 5.82. The fourth-order valence-electron chi connectivity index (χ4n) is 1.33. The number of hydrogen-bond donors (Lipinski definition) is 1. The van der Waals surface area contributed by atoms with Crippen LogP contribution in [-0.4, -0.2) is 22.1 Å². The van der Waals surface area contributed by atoms with E-state index in [0.29, 0.717) is 22.7 Å². The molecular weight excluding hydrogens is 304 g/mol. The molecule has 2 aromatic heterocycles. The van der Waals surface area contributed by atoms with Crippen LogP contribution in [0.5, 0.6) is 0 Å². The smallest absolute Gasteiger partial charge is 0.181 e. The summed E-state index contributed by atoms with van der Waals surface area (Å²) >= 11 is 4.90. The number of anilines is 1. The van der Waals surface area contributed by atoms with Gasteiger partial charge in [-0.3, -0.25) is 0 Å². The summed E-state index contributed by atoms with van der Waals surface area (Å²) in [6, 6.07) is 0. The Morgan fingerprint density at radius 3 is 2.76 bits per heavy atom. The van der Waals surface area contributed by atoms with E-state index in [1.165, 1.54) is 0 Å². The number of rotatable bonds is 3. The van der Waals surface area contributed by atoms with E-state index in [0.717, 1.165) is 16.4 Å². The molecule has 0 bridgehead atoms. The van der Waals surface area contributed by atoms with Gasteiger partial charge in [-0.1, -0.05) is 0 Å². The second kappa shape index (κ2) is 5.07. The number of nitrogens with zero attached hydrogens (tertiary/aromatic N) is 3. The van der Waals surface area contributed by atoms with E-state index < -0.39 is 0 Å². The molecule has 0 aromatic carbocycles. The van der Waals surface area contributed by atoms with Crippen molar-refractivity contribution in [3.8, 4) is 11.5 Å². The topological polar surface area (TPSA) is 73.9 Å². The highest BCUT2D eigenvalue weighted by atomic mass is 79.9. The van der Waals surface area contributed by atoms with Crippen molar-refractivity contribution in [2.45, 2.75) is 13.5 Å². The van der Waals surface area contributed by atoms with Crippen LogP contribution in [0.3, 0.4) is 0 Å². The predicted octanol–water partition coefficient (Wildman–Crippen LogP) is 2.40. The number of hydrogen-bond acceptors (Lipinski definition) is 6. The minimum absolute atomic E-state index is 0.378. The first-order valence-electron chi connectivity index (χ1n) is 4.85. The van der Waals surface area contributed by atoms with E-state index in [4.69, 9.17) is 10.5 Å². The SMILES string of the molecule is COCc1nc(-c2csc(C)n2)nc(N)c1Br. The highest BCUT2D eigenvalue weighted by molar-refractivity contribution is 9.10. The van der Waals surface area contributed by atoms with Crippen molar-refractivity contribution < 1.29 is 4.74 Å². The Morgan fingerprint density at radius 1 is 1.41 bits per heavy atom. The van der Waals surface area contributed by atoms with Gasteiger partial charge in [0.15, 0.2) is 5.82 Å². The lowest BCUT2D eigenvalue weighted by atomic mass is 10.3. The Kier molecular flexibility index (Phi) is 3.70. The first-order valence-corrected chi connectivity index (χ1v) is 6.52. The van der Waals surface area contributed by atoms with E-state index in [2.05, 4.69) is 30.9 Å². The number of ether oxygens (including phenoxy) is 1. The number of thiazole rings is 1. The largest absolute Gasteiger partial charge is 0.383 e. The standard InChI is InChI=1S/C10H11BrN4OS/c1-5-13-7(4-17-5)10-14-6(3-16-2)8(11)9(12)15-10/h4H,3H2,1-2H3,(H2,12,14,15). The lowest BCUT2D eigenvalue weighted by Gasteiger charge is -2.06. The molecule has 5 nitrogen and oxygen atoms in total. The molecule has 0 aliphatic heterocycles. The third-order valence-electron chi connectivity index (χ3n) is 2.07. The van der Waals surface area contributed by atoms with Crippen LogP contribution in [0.2, 0.25) is 0 Å². The molecule has 0 radical (unpaired) electrons. The van der Waals surface area contributed by atoms with E-state index in [9.17, 15) is 0 Å². The van der Waals surface area contributed by atoms with E-state index >= 15 is 0 Å². The molecule has 0 amide bonds. The van der Waals surface area contributed by atoms with Crippen molar-refractivity contribution in [2.24, 2.45) is 0 Å². The zero-order valence-electron chi connectivity index (χ0n) is 9.40. The molecule has 17 heavy (non-hydrogen) atoms. The summed E-state index contributed by atoms with van der Waals surface area (Å²) in [7, 11) is 1.61. The van der Waals surface area contributed by atoms with Crippen LogP contribution in [0, 0.1) is 6.92 Å². The Hall–Kier alpha value is -1.05. The minimum Gasteiger partial charge on any atom is -0.383 e. The number of halogens is 1. The number of nitrogens with two attached hydrogens (primary N) is 1. The first kappa shape index (κ1) is 12.4. The molecule has 90 valence electrons. The van der Waals surface area contributed by atoms with Gasteiger partial charge in [-0.2, -0.15) is 0 Å². The molecule has 2 aromatic rings. The lowest BCUT2D eigenvalue weighted by Crippen LogP contribution is -2.04. The molecule has 0 saturated heterocycles. The molecule has 0 fully saturated rings. The molecular formula is C10H11BrN4OS. The van der Waals surface area contributed by atoms with Gasteiger partial charge in [-0.15, -0.1) is 11.3 Å². The van der Waals surface area contributed by atoms with Crippen molar-refractivity contribution in [2.75, 3.05) is 12.8 Å². The molecule has 2 rings (SSSR count). The number of aromatic nitrogens is 3. The summed E-state index contributed by atoms with van der Waals surface area (Å²) in [4.78, 5) is 12.9. The summed E-state index contributed by atoms with van der Waals surface area (Å²) < 4.78 is 5.74. The average Bonchev–Trinajstić information content (AvgIpc) is 2.71. The van der Waals surface area contributed by atoms with Gasteiger partial charge in [0.2, 0.25) is 0 Å². The van der Waals surface area contributed by atoms with Gasteiger partial charge in [-0.25, -0.2) is 15.0 Å². The van der Waals surface area contributed by atoms with Crippen molar-refractivity contribution in [1.82, 2.24) is 15.0 Å². The van der Waals surface area contributed by atoms with Gasteiger partial charge in [0, 0.05) is 12.5 Å². The zero-order chi connectivity index (χ0) is 12.4. The first-order chi connectivity index (χ1) is 8.11. The number of aryl methyl sites for hydroxylation is 1. The lowest BCUT2D eigenvalue weighted by molar-refractivity contribution is 0.181. The van der Waals surface area contributed by atoms with Gasteiger partial charge in [0.1, 0.15) is 11.5 Å². The molecule has 0 atom stereocenters. The molecule has 0 spiro atoms. The fourth-order valence-corrected chi connectivity index (χ4v) is 2.21. The summed E-state index contributed by atoms with van der Waals surface area (Å²) in [5.74, 6) is 0.926. The van der Waals surface area contributed by atoms with Gasteiger partial charge in [-0.05, 0) is 22.9 Å². The van der Waals surface area contributed by atoms with Gasteiger partial charge >= 0.3 is 0 Å². The number of methoxy groups -OCH3 is 1. The van der Waals surface area contributed by atoms with Crippen LogP contribution in [0.15, 0.2) is 9.85 Å². The van der Waals surface area contributed by atoms with Crippen molar-refractivity contribution >= 4 is 33.1 Å². The molecule has 0 aliphatic rings. The summed E-state index contributed by atoms with van der Waals surface area (Å²) in [6.07, 6.45) is 0. The Bertz CT molecular complexity index is 543. The second-order valence-electron chi connectivity index (χ2n) is 3.38. The molecule has 0 aliphatic carbocycles. The maximum absolute atomic E-state index is 5.82. The average molecular weight is 315 g/mol. The number of nitrogen functional groups attached to an aromatic ring is 1. The summed E-state index contributed by atoms with van der Waals surface area (Å²) in [5.41, 5.74) is 7.28. The zero-order valence-corrected chi connectivity index (χ0v) is 11.8. The summed E-state index contributed by atoms with van der Waals surface area (Å²) in [6.45, 7) is 2.32. The maximum Gasteiger partial charge on any atom is 0.181 e. The molecule has 2 N–H and O–H groups in total. The van der Waals surface area contributed by atoms with Crippen molar-refractivity contribution in [1.29, 1.82) is 0 Å². The fraction of sp³-hybridized carbons (Fsp3) is 0.300. The van der Waals surface area contributed by atoms with Gasteiger partial charge in [0.05, 0.1) is 21.8 Å². The van der Waals surface area contributed by atoms with Crippen LogP contribution in [0.25, 0.3) is 11.5 Å². The van der Waals surface area contributed by atoms with Crippen molar-refractivity contribution in [3.63, 3.8) is 0 Å². The van der Waals surface area contributed by atoms with Crippen LogP contribution in [-0.2, 0) is 11.3 Å². The monoisotopic (exact) mass is 314 g/mol. The molecule has 2 heterocycles. The molecule has 0 saturated carbocycles. The van der Waals surface area contributed by atoms with Gasteiger partial charge < -0.3 is 10.5 Å². The van der Waals surface area contributed by atoms with E-state index in [1.807, 2.05) is 12.3 Å². The third kappa shape index (κ3) is 2.62. The Labute approximate surface area is 111 Å². The highest BCUT2D eigenvalue weighted by Gasteiger charge is 2.13. The van der Waals surface area contributed by atoms with Crippen LogP contribution >= 0.6 is 27.3 Å². The minimum atomic E-state index is 0.378. The highest BCUT2D eigenvalue weighted by Crippen LogP contribution is 2.26. The second-order valence-corrected chi connectivity index (χ2v) is 5.23. The predicted molar refractivity (Wildman–Crippen MR) is 70.7 cm³/mol. The molecule has 0 unspecified atom stereocenters. The Morgan fingerprint density at radius 2 is 2.18 bits per heavy atom. The van der Waals surface area contributed by atoms with Crippen molar-refractivity contribution in [3.05, 3.63) is 20.6 Å². The normalized spacial score (nSPS) is 10.8. The Balaban J connectivity index is 2.48.